The summed E-state index contributed by atoms with van der Waals surface area (Å²) < 4.78 is -0.116. The van der Waals surface area contributed by atoms with Crippen LogP contribution in [0.1, 0.15) is 30.4 Å². The number of carbonyl (C=O) groups excluding carboxylic acids is 1. The van der Waals surface area contributed by atoms with Crippen molar-refractivity contribution < 1.29 is 4.79 Å². The van der Waals surface area contributed by atoms with Crippen LogP contribution in [0.3, 0.4) is 0 Å². The highest BCUT2D eigenvalue weighted by Gasteiger charge is 2.33. The maximum absolute atomic E-state index is 11.6. The van der Waals surface area contributed by atoms with Gasteiger partial charge in [0.15, 0.2) is 0 Å². The number of ketones is 1. The second-order valence-corrected chi connectivity index (χ2v) is 5.50. The lowest BCUT2D eigenvalue weighted by Gasteiger charge is -2.15. The van der Waals surface area contributed by atoms with E-state index >= 15 is 0 Å². The first-order valence-electron chi connectivity index (χ1n) is 4.12. The summed E-state index contributed by atoms with van der Waals surface area (Å²) in [6.45, 7) is 3.91. The summed E-state index contributed by atoms with van der Waals surface area (Å²) >= 11 is 16.6. The molecular weight excluding hydrogens is 244 g/mol. The lowest BCUT2D eigenvalue weighted by atomic mass is 10.3. The highest BCUT2D eigenvalue weighted by atomic mass is 35.6. The number of nitrogens with zero attached hydrogens (tertiary/aromatic N) is 1. The van der Waals surface area contributed by atoms with Crippen molar-refractivity contribution in [3.05, 3.63) is 24.0 Å². The Balaban J connectivity index is 3.08. The van der Waals surface area contributed by atoms with Crippen molar-refractivity contribution in [3.63, 3.8) is 0 Å². The summed E-state index contributed by atoms with van der Waals surface area (Å²) in [7, 11) is 0. The minimum absolute atomic E-state index is 0.163. The van der Waals surface area contributed by atoms with Gasteiger partial charge in [0.1, 0.15) is 0 Å². The molecule has 0 radical (unpaired) electrons. The Morgan fingerprint density at radius 3 is 2.43 bits per heavy atom. The van der Waals surface area contributed by atoms with Gasteiger partial charge in [-0.2, -0.15) is 0 Å². The van der Waals surface area contributed by atoms with E-state index in [9.17, 15) is 4.79 Å². The van der Waals surface area contributed by atoms with Crippen LogP contribution in [0.25, 0.3) is 0 Å². The smallest absolute Gasteiger partial charge is 0.255 e. The van der Waals surface area contributed by atoms with Crippen LogP contribution in [-0.2, 0) is 0 Å². The summed E-state index contributed by atoms with van der Waals surface area (Å²) in [6.07, 6.45) is 1.79. The van der Waals surface area contributed by atoms with E-state index in [1.54, 1.807) is 22.9 Å². The standard InChI is InChI=1S/C9H10Cl3NO/c1-6(2)13-5-3-4-7(13)8(14)9(10,11)12/h3-6H,1-2H3. The summed E-state index contributed by atoms with van der Waals surface area (Å²) in [4.78, 5) is 11.6. The van der Waals surface area contributed by atoms with E-state index in [4.69, 9.17) is 34.8 Å². The van der Waals surface area contributed by atoms with Gasteiger partial charge >= 0.3 is 0 Å². The topological polar surface area (TPSA) is 22.0 Å². The van der Waals surface area contributed by atoms with Gasteiger partial charge in [0.2, 0.25) is 5.78 Å². The molecule has 2 nitrogen and oxygen atoms in total. The fraction of sp³-hybridized carbons (Fsp3) is 0.444. The van der Waals surface area contributed by atoms with Crippen molar-refractivity contribution in [3.8, 4) is 0 Å². The Morgan fingerprint density at radius 2 is 2.00 bits per heavy atom. The first-order valence-corrected chi connectivity index (χ1v) is 5.26. The molecule has 0 aromatic carbocycles. The zero-order valence-corrected chi connectivity index (χ0v) is 10.1. The molecule has 0 spiro atoms. The molecule has 14 heavy (non-hydrogen) atoms. The quantitative estimate of drug-likeness (QED) is 0.583. The molecule has 0 N–H and O–H groups in total. The second-order valence-electron chi connectivity index (χ2n) is 3.22. The van der Waals surface area contributed by atoms with Crippen LogP contribution < -0.4 is 0 Å². The fourth-order valence-electron chi connectivity index (χ4n) is 1.18. The average Bonchev–Trinajstić information content (AvgIpc) is 2.48. The number of Topliss-reactive ketones (excluding diaryl/α,β-unsaturated/α-hetero) is 1. The lowest BCUT2D eigenvalue weighted by Crippen LogP contribution is -2.22. The predicted octanol–water partition coefficient (Wildman–Crippen LogP) is 3.62. The van der Waals surface area contributed by atoms with E-state index in [1.165, 1.54) is 0 Å². The van der Waals surface area contributed by atoms with Crippen molar-refractivity contribution in [2.75, 3.05) is 0 Å². The van der Waals surface area contributed by atoms with Crippen LogP contribution in [0.5, 0.6) is 0 Å². The molecule has 0 saturated carbocycles. The average molecular weight is 255 g/mol. The predicted molar refractivity (Wildman–Crippen MR) is 59.4 cm³/mol. The third kappa shape index (κ3) is 2.44. The minimum Gasteiger partial charge on any atom is -0.342 e. The van der Waals surface area contributed by atoms with Crippen molar-refractivity contribution >= 4 is 40.6 Å². The van der Waals surface area contributed by atoms with Crippen LogP contribution in [0.2, 0.25) is 0 Å². The third-order valence-electron chi connectivity index (χ3n) is 1.83. The molecule has 0 aliphatic rings. The van der Waals surface area contributed by atoms with Crippen molar-refractivity contribution in [2.24, 2.45) is 0 Å². The molecule has 1 rings (SSSR count). The first-order chi connectivity index (χ1) is 6.34. The normalized spacial score (nSPS) is 12.1. The fourth-order valence-corrected chi connectivity index (χ4v) is 1.47. The zero-order chi connectivity index (χ0) is 10.9. The second kappa shape index (κ2) is 4.13. The molecule has 1 aromatic heterocycles. The SMILES string of the molecule is CC(C)n1cccc1C(=O)C(Cl)(Cl)Cl. The Bertz CT molecular complexity index is 338. The Morgan fingerprint density at radius 1 is 1.43 bits per heavy atom. The molecule has 1 aromatic rings. The van der Waals surface area contributed by atoms with E-state index in [-0.39, 0.29) is 6.04 Å². The van der Waals surface area contributed by atoms with Gasteiger partial charge in [0.25, 0.3) is 3.79 Å². The molecular formula is C9H10Cl3NO. The van der Waals surface area contributed by atoms with Crippen LogP contribution >= 0.6 is 34.8 Å². The van der Waals surface area contributed by atoms with Gasteiger partial charge in [-0.25, -0.2) is 0 Å². The molecule has 0 aliphatic carbocycles. The van der Waals surface area contributed by atoms with Crippen LogP contribution in [-0.4, -0.2) is 14.1 Å². The molecule has 0 atom stereocenters. The Kier molecular flexibility index (Phi) is 3.51. The number of alkyl halides is 3. The monoisotopic (exact) mass is 253 g/mol. The van der Waals surface area contributed by atoms with Gasteiger partial charge in [-0.3, -0.25) is 4.79 Å². The van der Waals surface area contributed by atoms with Gasteiger partial charge in [0.05, 0.1) is 5.69 Å². The summed E-state index contributed by atoms with van der Waals surface area (Å²) in [6, 6.07) is 3.56. The molecule has 0 bridgehead atoms. The molecule has 1 heterocycles. The molecule has 0 fully saturated rings. The number of halogens is 3. The summed E-state index contributed by atoms with van der Waals surface area (Å²) in [5, 5.41) is 0. The minimum atomic E-state index is -1.88. The van der Waals surface area contributed by atoms with E-state index in [1.807, 2.05) is 13.8 Å². The van der Waals surface area contributed by atoms with Crippen LogP contribution in [0, 0.1) is 0 Å². The number of carbonyl (C=O) groups is 1. The van der Waals surface area contributed by atoms with Gasteiger partial charge in [0, 0.05) is 12.2 Å². The maximum Gasteiger partial charge on any atom is 0.255 e. The van der Waals surface area contributed by atoms with Crippen molar-refractivity contribution in [1.82, 2.24) is 4.57 Å². The third-order valence-corrected chi connectivity index (χ3v) is 2.34. The van der Waals surface area contributed by atoms with Crippen LogP contribution in [0.4, 0.5) is 0 Å². The van der Waals surface area contributed by atoms with E-state index < -0.39 is 9.58 Å². The highest BCUT2D eigenvalue weighted by Crippen LogP contribution is 2.31. The van der Waals surface area contributed by atoms with E-state index in [0.717, 1.165) is 0 Å². The largest absolute Gasteiger partial charge is 0.342 e. The first kappa shape index (κ1) is 11.9. The van der Waals surface area contributed by atoms with Crippen molar-refractivity contribution in [1.29, 1.82) is 0 Å². The highest BCUT2D eigenvalue weighted by molar-refractivity contribution is 6.77. The van der Waals surface area contributed by atoms with Gasteiger partial charge in [-0.15, -0.1) is 0 Å². The number of aromatic nitrogens is 1. The van der Waals surface area contributed by atoms with Crippen LogP contribution in [0.15, 0.2) is 18.3 Å². The van der Waals surface area contributed by atoms with Crippen molar-refractivity contribution in [2.45, 2.75) is 23.7 Å². The Labute approximate surface area is 97.7 Å². The Hall–Kier alpha value is -0.180. The number of rotatable bonds is 2. The molecule has 0 aliphatic heterocycles. The lowest BCUT2D eigenvalue weighted by molar-refractivity contribution is 0.0986. The maximum atomic E-state index is 11.6. The number of hydrogen-bond acceptors (Lipinski definition) is 1. The van der Waals surface area contributed by atoms with Gasteiger partial charge < -0.3 is 4.57 Å². The van der Waals surface area contributed by atoms with Gasteiger partial charge in [-0.05, 0) is 26.0 Å². The number of hydrogen-bond donors (Lipinski definition) is 0. The van der Waals surface area contributed by atoms with Gasteiger partial charge in [-0.1, -0.05) is 34.8 Å². The summed E-state index contributed by atoms with van der Waals surface area (Å²) in [5.41, 5.74) is 0.417. The van der Waals surface area contributed by atoms with E-state index in [2.05, 4.69) is 0 Å². The molecule has 0 saturated heterocycles. The molecule has 5 heteroatoms. The zero-order valence-electron chi connectivity index (χ0n) is 7.80. The molecule has 0 unspecified atom stereocenters. The molecule has 78 valence electrons. The summed E-state index contributed by atoms with van der Waals surface area (Å²) in [5.74, 6) is -0.499. The van der Waals surface area contributed by atoms with E-state index in [0.29, 0.717) is 5.69 Å². The molecule has 0 amide bonds.